The molecule has 3 rings (SSSR count). The second-order valence-corrected chi connectivity index (χ2v) is 6.32. The van der Waals surface area contributed by atoms with Gasteiger partial charge in [-0.05, 0) is 26.0 Å². The Morgan fingerprint density at radius 2 is 1.79 bits per heavy atom. The Hall–Kier alpha value is -2.73. The van der Waals surface area contributed by atoms with Crippen LogP contribution in [-0.4, -0.2) is 22.2 Å². The molecule has 0 fully saturated rings. The molecule has 24 heavy (non-hydrogen) atoms. The summed E-state index contributed by atoms with van der Waals surface area (Å²) in [6.45, 7) is 3.73. The first-order chi connectivity index (χ1) is 11.6. The van der Waals surface area contributed by atoms with Crippen LogP contribution in [0.2, 0.25) is 0 Å². The molecule has 0 saturated carbocycles. The average Bonchev–Trinajstić information content (AvgIpc) is 3.05. The number of hydrogen-bond acceptors (Lipinski definition) is 5. The molecule has 122 valence electrons. The first-order valence-corrected chi connectivity index (χ1v) is 8.36. The topological polar surface area (TPSA) is 64.1 Å². The number of aryl methyl sites for hydroxylation is 1. The molecule has 6 heteroatoms. The van der Waals surface area contributed by atoms with E-state index in [0.29, 0.717) is 10.9 Å². The summed E-state index contributed by atoms with van der Waals surface area (Å²) in [5.74, 6) is 0.392. The maximum Gasteiger partial charge on any atom is 0.266 e. The minimum atomic E-state index is -0.626. The monoisotopic (exact) mass is 339 g/mol. The third-order valence-corrected chi connectivity index (χ3v) is 4.27. The van der Waals surface area contributed by atoms with Crippen molar-refractivity contribution < 1.29 is 9.53 Å². The maximum atomic E-state index is 12.2. The molecule has 0 unspecified atom stereocenters. The van der Waals surface area contributed by atoms with E-state index in [1.807, 2.05) is 61.5 Å². The van der Waals surface area contributed by atoms with Crippen molar-refractivity contribution >= 4 is 22.4 Å². The third-order valence-electron chi connectivity index (χ3n) is 3.38. The number of nitrogens with one attached hydrogen (secondary N) is 1. The third kappa shape index (κ3) is 3.97. The number of carbonyl (C=O) groups is 1. The molecular formula is C18H17N3O2S. The molecule has 0 aliphatic heterocycles. The Kier molecular flexibility index (Phi) is 4.86. The van der Waals surface area contributed by atoms with Crippen molar-refractivity contribution in [3.05, 3.63) is 60.2 Å². The number of amides is 1. The van der Waals surface area contributed by atoms with Crippen LogP contribution in [0.1, 0.15) is 12.5 Å². The summed E-state index contributed by atoms with van der Waals surface area (Å²) < 4.78 is 5.60. The zero-order valence-electron chi connectivity index (χ0n) is 13.4. The second-order valence-electron chi connectivity index (χ2n) is 5.34. The van der Waals surface area contributed by atoms with Crippen molar-refractivity contribution in [2.75, 3.05) is 5.32 Å². The van der Waals surface area contributed by atoms with Crippen LogP contribution < -0.4 is 10.1 Å². The number of carbonyl (C=O) groups excluding carboxylic acids is 1. The highest BCUT2D eigenvalue weighted by atomic mass is 32.1. The summed E-state index contributed by atoms with van der Waals surface area (Å²) in [6.07, 6.45) is -0.626. The SMILES string of the molecule is Cc1ccc(-c2nnc(NC(=O)[C@H](C)Oc3ccccc3)s2)cc1. The molecule has 0 radical (unpaired) electrons. The van der Waals surface area contributed by atoms with Crippen LogP contribution in [0.5, 0.6) is 5.75 Å². The van der Waals surface area contributed by atoms with Crippen LogP contribution in [-0.2, 0) is 4.79 Å². The van der Waals surface area contributed by atoms with Crippen LogP contribution >= 0.6 is 11.3 Å². The van der Waals surface area contributed by atoms with E-state index in [9.17, 15) is 4.79 Å². The van der Waals surface area contributed by atoms with Gasteiger partial charge in [0, 0.05) is 5.56 Å². The predicted octanol–water partition coefficient (Wildman–Crippen LogP) is 3.92. The lowest BCUT2D eigenvalue weighted by Crippen LogP contribution is -2.30. The van der Waals surface area contributed by atoms with Crippen LogP contribution in [0.4, 0.5) is 5.13 Å². The van der Waals surface area contributed by atoms with Crippen LogP contribution in [0.3, 0.4) is 0 Å². The Morgan fingerprint density at radius 3 is 2.50 bits per heavy atom. The van der Waals surface area contributed by atoms with Crippen LogP contribution in [0.25, 0.3) is 10.6 Å². The van der Waals surface area contributed by atoms with Gasteiger partial charge in [0.2, 0.25) is 5.13 Å². The summed E-state index contributed by atoms with van der Waals surface area (Å²) >= 11 is 1.33. The largest absolute Gasteiger partial charge is 0.481 e. The summed E-state index contributed by atoms with van der Waals surface area (Å²) in [4.78, 5) is 12.2. The highest BCUT2D eigenvalue weighted by Crippen LogP contribution is 2.26. The fraction of sp³-hybridized carbons (Fsp3) is 0.167. The number of anilines is 1. The zero-order chi connectivity index (χ0) is 16.9. The lowest BCUT2D eigenvalue weighted by Gasteiger charge is -2.13. The number of ether oxygens (including phenoxy) is 1. The van der Waals surface area contributed by atoms with Gasteiger partial charge in [-0.25, -0.2) is 0 Å². The molecule has 0 bridgehead atoms. The highest BCUT2D eigenvalue weighted by molar-refractivity contribution is 7.18. The van der Waals surface area contributed by atoms with E-state index in [1.165, 1.54) is 16.9 Å². The maximum absolute atomic E-state index is 12.2. The molecular weight excluding hydrogens is 322 g/mol. The van der Waals surface area contributed by atoms with Gasteiger partial charge < -0.3 is 4.74 Å². The van der Waals surface area contributed by atoms with Gasteiger partial charge >= 0.3 is 0 Å². The molecule has 1 heterocycles. The Bertz CT molecular complexity index is 816. The van der Waals surface area contributed by atoms with E-state index in [4.69, 9.17) is 4.74 Å². The van der Waals surface area contributed by atoms with E-state index in [2.05, 4.69) is 15.5 Å². The van der Waals surface area contributed by atoms with E-state index in [0.717, 1.165) is 10.6 Å². The Labute approximate surface area is 144 Å². The van der Waals surface area contributed by atoms with Gasteiger partial charge in [0.15, 0.2) is 6.10 Å². The first kappa shape index (κ1) is 16.1. The molecule has 1 aromatic heterocycles. The van der Waals surface area contributed by atoms with Crippen molar-refractivity contribution in [1.29, 1.82) is 0 Å². The van der Waals surface area contributed by atoms with E-state index in [1.54, 1.807) is 6.92 Å². The van der Waals surface area contributed by atoms with Gasteiger partial charge in [0.1, 0.15) is 10.8 Å². The number of para-hydroxylation sites is 1. The van der Waals surface area contributed by atoms with Crippen LogP contribution in [0, 0.1) is 6.92 Å². The molecule has 1 N–H and O–H groups in total. The molecule has 0 spiro atoms. The molecule has 3 aromatic rings. The van der Waals surface area contributed by atoms with Crippen molar-refractivity contribution in [1.82, 2.24) is 10.2 Å². The molecule has 5 nitrogen and oxygen atoms in total. The molecule has 0 saturated heterocycles. The van der Waals surface area contributed by atoms with Crippen LogP contribution in [0.15, 0.2) is 54.6 Å². The number of hydrogen-bond donors (Lipinski definition) is 1. The quantitative estimate of drug-likeness (QED) is 0.765. The standard InChI is InChI=1S/C18H17N3O2S/c1-12-8-10-14(11-9-12)17-20-21-18(24-17)19-16(22)13(2)23-15-6-4-3-5-7-15/h3-11,13H,1-2H3,(H,19,21,22)/t13-/m0/s1. The molecule has 0 aliphatic carbocycles. The summed E-state index contributed by atoms with van der Waals surface area (Å²) in [5, 5.41) is 12.1. The van der Waals surface area contributed by atoms with Gasteiger partial charge in [0.25, 0.3) is 5.91 Å². The van der Waals surface area contributed by atoms with Gasteiger partial charge in [-0.3, -0.25) is 10.1 Å². The molecule has 1 amide bonds. The van der Waals surface area contributed by atoms with Crippen molar-refractivity contribution in [2.45, 2.75) is 20.0 Å². The van der Waals surface area contributed by atoms with E-state index < -0.39 is 6.10 Å². The van der Waals surface area contributed by atoms with Gasteiger partial charge in [-0.1, -0.05) is 59.4 Å². The molecule has 1 atom stereocenters. The van der Waals surface area contributed by atoms with Crippen molar-refractivity contribution in [2.24, 2.45) is 0 Å². The highest BCUT2D eigenvalue weighted by Gasteiger charge is 2.17. The summed E-state index contributed by atoms with van der Waals surface area (Å²) in [7, 11) is 0. The average molecular weight is 339 g/mol. The fourth-order valence-electron chi connectivity index (χ4n) is 2.05. The van der Waals surface area contributed by atoms with Crippen molar-refractivity contribution in [3.63, 3.8) is 0 Å². The van der Waals surface area contributed by atoms with Gasteiger partial charge in [0.05, 0.1) is 0 Å². The number of aromatic nitrogens is 2. The predicted molar refractivity (Wildman–Crippen MR) is 95.2 cm³/mol. The minimum absolute atomic E-state index is 0.259. The second kappa shape index (κ2) is 7.23. The number of benzene rings is 2. The van der Waals surface area contributed by atoms with Gasteiger partial charge in [-0.15, -0.1) is 10.2 Å². The lowest BCUT2D eigenvalue weighted by molar-refractivity contribution is -0.122. The molecule has 0 aliphatic rings. The lowest BCUT2D eigenvalue weighted by atomic mass is 10.2. The molecule has 2 aromatic carbocycles. The van der Waals surface area contributed by atoms with Gasteiger partial charge in [-0.2, -0.15) is 0 Å². The van der Waals surface area contributed by atoms with Crippen molar-refractivity contribution in [3.8, 4) is 16.3 Å². The summed E-state index contributed by atoms with van der Waals surface area (Å²) in [6, 6.07) is 17.2. The Balaban J connectivity index is 1.63. The number of nitrogens with zero attached hydrogens (tertiary/aromatic N) is 2. The smallest absolute Gasteiger partial charge is 0.266 e. The zero-order valence-corrected chi connectivity index (χ0v) is 14.2. The fourth-order valence-corrected chi connectivity index (χ4v) is 2.80. The number of rotatable bonds is 5. The summed E-state index contributed by atoms with van der Waals surface area (Å²) in [5.41, 5.74) is 2.16. The van der Waals surface area contributed by atoms with E-state index in [-0.39, 0.29) is 5.91 Å². The first-order valence-electron chi connectivity index (χ1n) is 7.55. The minimum Gasteiger partial charge on any atom is -0.481 e. The Morgan fingerprint density at radius 1 is 1.08 bits per heavy atom. The normalized spacial score (nSPS) is 11.8. The van der Waals surface area contributed by atoms with E-state index >= 15 is 0 Å².